The molecule has 0 saturated heterocycles. The number of nitrogens with zero attached hydrogens (tertiary/aromatic N) is 4. The highest BCUT2D eigenvalue weighted by atomic mass is 32.2. The van der Waals surface area contributed by atoms with Crippen LogP contribution in [0.3, 0.4) is 0 Å². The Morgan fingerprint density at radius 1 is 1.08 bits per heavy atom. The largest absolute Gasteiger partial charge is 0.368 e. The Labute approximate surface area is 203 Å². The molecule has 13 heteroatoms. The van der Waals surface area contributed by atoms with E-state index >= 15 is 4.39 Å². The van der Waals surface area contributed by atoms with Crippen LogP contribution in [-0.4, -0.2) is 27.9 Å². The number of aromatic nitrogens is 4. The molecule has 0 spiro atoms. The maximum atomic E-state index is 15.1. The Hall–Kier alpha value is -4.00. The smallest absolute Gasteiger partial charge is 0.279 e. The zero-order chi connectivity index (χ0) is 26.4. The summed E-state index contributed by atoms with van der Waals surface area (Å²) in [5, 5.41) is 0. The Morgan fingerprint density at radius 3 is 2.39 bits per heavy atom. The fourth-order valence-electron chi connectivity index (χ4n) is 3.63. The van der Waals surface area contributed by atoms with Crippen LogP contribution in [0.2, 0.25) is 0 Å². The van der Waals surface area contributed by atoms with E-state index in [1.165, 1.54) is 6.20 Å². The predicted octanol–water partition coefficient (Wildman–Crippen LogP) is 3.68. The van der Waals surface area contributed by atoms with Gasteiger partial charge in [0.1, 0.15) is 16.9 Å². The van der Waals surface area contributed by atoms with Gasteiger partial charge in [-0.1, -0.05) is 29.8 Å². The van der Waals surface area contributed by atoms with Gasteiger partial charge in [0.15, 0.2) is 23.1 Å². The summed E-state index contributed by atoms with van der Waals surface area (Å²) in [7, 11) is -4.31. The minimum atomic E-state index is -4.31. The third-order valence-electron chi connectivity index (χ3n) is 5.32. The monoisotopic (exact) mass is 518 g/mol. The van der Waals surface area contributed by atoms with E-state index < -0.39 is 61.8 Å². The van der Waals surface area contributed by atoms with Crippen molar-refractivity contribution in [1.29, 1.82) is 0 Å². The number of rotatable bonds is 6. The van der Waals surface area contributed by atoms with Gasteiger partial charge >= 0.3 is 0 Å². The minimum absolute atomic E-state index is 0.0376. The fraction of sp³-hybridized carbons (Fsp3) is 0.217. The van der Waals surface area contributed by atoms with E-state index in [9.17, 15) is 22.0 Å². The number of nitrogens with two attached hydrogens (primary N) is 1. The highest BCUT2D eigenvalue weighted by Crippen LogP contribution is 2.31. The van der Waals surface area contributed by atoms with Crippen molar-refractivity contribution < 1.29 is 21.6 Å². The normalized spacial score (nSPS) is 11.9. The van der Waals surface area contributed by atoms with Gasteiger partial charge in [-0.25, -0.2) is 31.6 Å². The Bertz CT molecular complexity index is 1660. The number of anilines is 2. The van der Waals surface area contributed by atoms with Crippen molar-refractivity contribution in [3.8, 4) is 11.3 Å². The lowest BCUT2D eigenvalue weighted by atomic mass is 10.1. The van der Waals surface area contributed by atoms with Crippen molar-refractivity contribution in [1.82, 2.24) is 19.5 Å². The van der Waals surface area contributed by atoms with Crippen molar-refractivity contribution >= 4 is 32.8 Å². The molecule has 2 aromatic heterocycles. The molecule has 0 amide bonds. The zero-order valence-corrected chi connectivity index (χ0v) is 20.2. The van der Waals surface area contributed by atoms with E-state index in [2.05, 4.69) is 15.0 Å². The molecule has 0 fully saturated rings. The van der Waals surface area contributed by atoms with Gasteiger partial charge in [0, 0.05) is 11.6 Å². The van der Waals surface area contributed by atoms with Crippen LogP contribution < -0.4 is 16.0 Å². The van der Waals surface area contributed by atoms with Crippen molar-refractivity contribution in [2.24, 2.45) is 0 Å². The standard InChI is InChI=1S/C23H21F3N6O3S/c1-11(2)32-21-16(9-28-23(27)30-21)29-19(22(32)33)14-8-15(24)20(18(26)17(14)25)31-36(34,35)10-13-6-4-12(3)5-7-13/h4-9,11,31H,10H2,1-3H3,(H2,27,28,30). The molecule has 0 unspecified atom stereocenters. The van der Waals surface area contributed by atoms with E-state index in [-0.39, 0.29) is 17.1 Å². The molecule has 2 aromatic carbocycles. The van der Waals surface area contributed by atoms with Gasteiger partial charge in [0.2, 0.25) is 16.0 Å². The third-order valence-corrected chi connectivity index (χ3v) is 6.54. The van der Waals surface area contributed by atoms with Crippen LogP contribution in [-0.2, 0) is 15.8 Å². The van der Waals surface area contributed by atoms with Crippen molar-refractivity contribution in [2.75, 3.05) is 10.5 Å². The van der Waals surface area contributed by atoms with Crippen LogP contribution in [0.25, 0.3) is 22.4 Å². The fourth-order valence-corrected chi connectivity index (χ4v) is 4.83. The SMILES string of the molecule is Cc1ccc(CS(=O)(=O)Nc2c(F)cc(-c3nc4cnc(N)nc4n(C(C)C)c3=O)c(F)c2F)cc1. The number of aryl methyl sites for hydroxylation is 1. The van der Waals surface area contributed by atoms with E-state index in [1.807, 2.05) is 6.92 Å². The van der Waals surface area contributed by atoms with Crippen molar-refractivity contribution in [3.63, 3.8) is 0 Å². The molecule has 4 aromatic rings. The second-order valence-electron chi connectivity index (χ2n) is 8.42. The molecule has 0 aliphatic rings. The molecule has 3 N–H and O–H groups in total. The maximum Gasteiger partial charge on any atom is 0.279 e. The maximum absolute atomic E-state index is 15.1. The Kier molecular flexibility index (Phi) is 6.43. The number of halogens is 3. The predicted molar refractivity (Wildman–Crippen MR) is 129 cm³/mol. The molecule has 2 heterocycles. The van der Waals surface area contributed by atoms with Gasteiger partial charge in [0.25, 0.3) is 5.56 Å². The number of nitrogens with one attached hydrogen (secondary N) is 1. The molecule has 0 atom stereocenters. The summed E-state index contributed by atoms with van der Waals surface area (Å²) in [5.74, 6) is -5.62. The van der Waals surface area contributed by atoms with Gasteiger partial charge < -0.3 is 5.73 Å². The first-order valence-electron chi connectivity index (χ1n) is 10.7. The third kappa shape index (κ3) is 4.73. The lowest BCUT2D eigenvalue weighted by Crippen LogP contribution is -2.27. The van der Waals surface area contributed by atoms with Gasteiger partial charge in [-0.15, -0.1) is 0 Å². The van der Waals surface area contributed by atoms with Crippen LogP contribution in [0.4, 0.5) is 24.8 Å². The molecule has 0 saturated carbocycles. The highest BCUT2D eigenvalue weighted by Gasteiger charge is 2.27. The lowest BCUT2D eigenvalue weighted by Gasteiger charge is -2.16. The molecular formula is C23H21F3N6O3S. The van der Waals surface area contributed by atoms with Crippen molar-refractivity contribution in [2.45, 2.75) is 32.6 Å². The molecule has 188 valence electrons. The number of fused-ring (bicyclic) bond motifs is 1. The van der Waals surface area contributed by atoms with E-state index in [1.54, 1.807) is 42.8 Å². The van der Waals surface area contributed by atoms with Crippen LogP contribution >= 0.6 is 0 Å². The topological polar surface area (TPSA) is 133 Å². The van der Waals surface area contributed by atoms with E-state index in [4.69, 9.17) is 5.73 Å². The van der Waals surface area contributed by atoms with E-state index in [0.29, 0.717) is 11.6 Å². The summed E-state index contributed by atoms with van der Waals surface area (Å²) in [5.41, 5.74) is 3.49. The summed E-state index contributed by atoms with van der Waals surface area (Å²) in [6.45, 7) is 5.10. The second kappa shape index (κ2) is 9.22. The van der Waals surface area contributed by atoms with E-state index in [0.717, 1.165) is 10.1 Å². The number of sulfonamides is 1. The summed E-state index contributed by atoms with van der Waals surface area (Å²) < 4.78 is 73.0. The van der Waals surface area contributed by atoms with Crippen LogP contribution in [0, 0.1) is 24.4 Å². The number of benzene rings is 2. The Morgan fingerprint density at radius 2 is 1.75 bits per heavy atom. The first-order valence-corrected chi connectivity index (χ1v) is 12.3. The average Bonchev–Trinajstić information content (AvgIpc) is 2.80. The van der Waals surface area contributed by atoms with Gasteiger partial charge in [-0.05, 0) is 32.4 Å². The van der Waals surface area contributed by atoms with Crippen LogP contribution in [0.5, 0.6) is 0 Å². The number of hydrogen-bond donors (Lipinski definition) is 2. The zero-order valence-electron chi connectivity index (χ0n) is 19.4. The molecule has 0 aliphatic heterocycles. The summed E-state index contributed by atoms with van der Waals surface area (Å²) in [6, 6.07) is 6.48. The first kappa shape index (κ1) is 25.1. The highest BCUT2D eigenvalue weighted by molar-refractivity contribution is 7.91. The summed E-state index contributed by atoms with van der Waals surface area (Å²) in [4.78, 5) is 24.9. The molecule has 0 bridgehead atoms. The summed E-state index contributed by atoms with van der Waals surface area (Å²) in [6.07, 6.45) is 1.19. The first-order chi connectivity index (χ1) is 16.9. The van der Waals surface area contributed by atoms with Gasteiger partial charge in [0.05, 0.1) is 11.9 Å². The van der Waals surface area contributed by atoms with Crippen molar-refractivity contribution in [3.05, 3.63) is 75.5 Å². The van der Waals surface area contributed by atoms with Crippen LogP contribution in [0.15, 0.2) is 41.3 Å². The molecule has 9 nitrogen and oxygen atoms in total. The lowest BCUT2D eigenvalue weighted by molar-refractivity contribution is 0.501. The Balaban J connectivity index is 1.81. The molecule has 4 rings (SSSR count). The summed E-state index contributed by atoms with van der Waals surface area (Å²) >= 11 is 0. The molecule has 0 radical (unpaired) electrons. The molecular weight excluding hydrogens is 497 g/mol. The minimum Gasteiger partial charge on any atom is -0.368 e. The average molecular weight is 519 g/mol. The van der Waals surface area contributed by atoms with Crippen LogP contribution in [0.1, 0.15) is 31.0 Å². The second-order valence-corrected chi connectivity index (χ2v) is 10.1. The molecule has 0 aliphatic carbocycles. The van der Waals surface area contributed by atoms with Gasteiger partial charge in [-0.3, -0.25) is 14.1 Å². The number of nitrogen functional groups attached to an aromatic ring is 1. The quantitative estimate of drug-likeness (QED) is 0.372. The molecule has 36 heavy (non-hydrogen) atoms. The van der Waals surface area contributed by atoms with Gasteiger partial charge in [-0.2, -0.15) is 4.98 Å². The number of hydrogen-bond acceptors (Lipinski definition) is 7.